The topological polar surface area (TPSA) is 29.3 Å². The first-order chi connectivity index (χ1) is 8.55. The lowest BCUT2D eigenvalue weighted by Crippen LogP contribution is -2.54. The molecule has 0 aromatic carbocycles. The molecule has 1 atom stereocenters. The SMILES string of the molecule is CC(C)CCN(C1CC1)C(C)(CN)CC1CCC1. The van der Waals surface area contributed by atoms with Crippen LogP contribution < -0.4 is 5.73 Å². The molecule has 2 aliphatic carbocycles. The predicted octanol–water partition coefficient (Wildman–Crippen LogP) is 3.40. The molecule has 0 aliphatic heterocycles. The quantitative estimate of drug-likeness (QED) is 0.717. The van der Waals surface area contributed by atoms with E-state index >= 15 is 0 Å². The van der Waals surface area contributed by atoms with Crippen LogP contribution in [0.1, 0.15) is 65.7 Å². The maximum atomic E-state index is 6.17. The molecule has 2 rings (SSSR count). The van der Waals surface area contributed by atoms with Gasteiger partial charge in [0.05, 0.1) is 0 Å². The number of rotatable bonds is 8. The van der Waals surface area contributed by atoms with Gasteiger partial charge in [0.1, 0.15) is 0 Å². The fourth-order valence-electron chi connectivity index (χ4n) is 3.31. The predicted molar refractivity (Wildman–Crippen MR) is 78.6 cm³/mol. The number of hydrogen-bond donors (Lipinski definition) is 1. The summed E-state index contributed by atoms with van der Waals surface area (Å²) < 4.78 is 0. The van der Waals surface area contributed by atoms with Crippen LogP contribution in [0.2, 0.25) is 0 Å². The minimum absolute atomic E-state index is 0.265. The van der Waals surface area contributed by atoms with Crippen molar-refractivity contribution in [2.75, 3.05) is 13.1 Å². The van der Waals surface area contributed by atoms with Crippen LogP contribution in [0.4, 0.5) is 0 Å². The summed E-state index contributed by atoms with van der Waals surface area (Å²) in [5.74, 6) is 1.76. The van der Waals surface area contributed by atoms with Crippen LogP contribution in [0.5, 0.6) is 0 Å². The molecule has 0 heterocycles. The molecule has 2 fully saturated rings. The number of nitrogens with zero attached hydrogens (tertiary/aromatic N) is 1. The highest BCUT2D eigenvalue weighted by Gasteiger charge is 2.41. The normalized spacial score (nSPS) is 24.3. The molecule has 106 valence electrons. The third-order valence-electron chi connectivity index (χ3n) is 5.02. The Balaban J connectivity index is 1.95. The lowest BCUT2D eigenvalue weighted by atomic mass is 9.75. The minimum Gasteiger partial charge on any atom is -0.329 e. The molecule has 0 aromatic rings. The Morgan fingerprint density at radius 3 is 2.28 bits per heavy atom. The average molecular weight is 252 g/mol. The summed E-state index contributed by atoms with van der Waals surface area (Å²) >= 11 is 0. The average Bonchev–Trinajstić information content (AvgIpc) is 3.08. The van der Waals surface area contributed by atoms with Crippen molar-refractivity contribution >= 4 is 0 Å². The van der Waals surface area contributed by atoms with Crippen LogP contribution in [0.25, 0.3) is 0 Å². The van der Waals surface area contributed by atoms with Crippen molar-refractivity contribution in [3.05, 3.63) is 0 Å². The monoisotopic (exact) mass is 252 g/mol. The van der Waals surface area contributed by atoms with Crippen LogP contribution >= 0.6 is 0 Å². The summed E-state index contributed by atoms with van der Waals surface area (Å²) in [6, 6.07) is 0.845. The van der Waals surface area contributed by atoms with Gasteiger partial charge in [-0.25, -0.2) is 0 Å². The Morgan fingerprint density at radius 2 is 1.89 bits per heavy atom. The number of hydrogen-bond acceptors (Lipinski definition) is 2. The van der Waals surface area contributed by atoms with Crippen molar-refractivity contribution < 1.29 is 0 Å². The molecule has 1 unspecified atom stereocenters. The van der Waals surface area contributed by atoms with E-state index < -0.39 is 0 Å². The maximum Gasteiger partial charge on any atom is 0.0309 e. The van der Waals surface area contributed by atoms with Gasteiger partial charge in [0.15, 0.2) is 0 Å². The molecule has 18 heavy (non-hydrogen) atoms. The Labute approximate surface area is 113 Å². The summed E-state index contributed by atoms with van der Waals surface area (Å²) in [6.07, 6.45) is 9.78. The van der Waals surface area contributed by atoms with Gasteiger partial charge in [0, 0.05) is 18.1 Å². The van der Waals surface area contributed by atoms with Gasteiger partial charge < -0.3 is 5.73 Å². The highest BCUT2D eigenvalue weighted by atomic mass is 15.2. The smallest absolute Gasteiger partial charge is 0.0309 e. The van der Waals surface area contributed by atoms with Crippen molar-refractivity contribution in [1.29, 1.82) is 0 Å². The molecule has 0 amide bonds. The summed E-state index contributed by atoms with van der Waals surface area (Å²) in [5, 5.41) is 0. The zero-order valence-electron chi connectivity index (χ0n) is 12.6. The molecule has 0 radical (unpaired) electrons. The number of nitrogens with two attached hydrogens (primary N) is 1. The second-order valence-electron chi connectivity index (χ2n) is 7.31. The molecule has 2 N–H and O–H groups in total. The Bertz CT molecular complexity index is 256. The first-order valence-electron chi connectivity index (χ1n) is 8.02. The van der Waals surface area contributed by atoms with E-state index in [9.17, 15) is 0 Å². The van der Waals surface area contributed by atoms with Crippen molar-refractivity contribution in [2.24, 2.45) is 17.6 Å². The van der Waals surface area contributed by atoms with Crippen LogP contribution in [-0.4, -0.2) is 29.6 Å². The largest absolute Gasteiger partial charge is 0.329 e. The first kappa shape index (κ1) is 14.3. The molecule has 2 heteroatoms. The van der Waals surface area contributed by atoms with Crippen LogP contribution in [0.3, 0.4) is 0 Å². The third-order valence-corrected chi connectivity index (χ3v) is 5.02. The zero-order valence-corrected chi connectivity index (χ0v) is 12.6. The standard InChI is InChI=1S/C16H32N2/c1-13(2)9-10-18(15-7-8-15)16(3,12-17)11-14-5-4-6-14/h13-15H,4-12,17H2,1-3H3. The van der Waals surface area contributed by atoms with Crippen LogP contribution in [-0.2, 0) is 0 Å². The summed E-state index contributed by atoms with van der Waals surface area (Å²) in [7, 11) is 0. The molecular formula is C16H32N2. The minimum atomic E-state index is 0.265. The molecular weight excluding hydrogens is 220 g/mol. The first-order valence-corrected chi connectivity index (χ1v) is 8.02. The van der Waals surface area contributed by atoms with E-state index in [1.807, 2.05) is 0 Å². The van der Waals surface area contributed by atoms with E-state index in [1.165, 1.54) is 51.5 Å². The lowest BCUT2D eigenvalue weighted by Gasteiger charge is -2.45. The Hall–Kier alpha value is -0.0800. The summed E-state index contributed by atoms with van der Waals surface area (Å²) in [5.41, 5.74) is 6.43. The van der Waals surface area contributed by atoms with Crippen molar-refractivity contribution in [1.82, 2.24) is 4.90 Å². The molecule has 2 aliphatic rings. The molecule has 0 spiro atoms. The fraction of sp³-hybridized carbons (Fsp3) is 1.00. The van der Waals surface area contributed by atoms with Gasteiger partial charge >= 0.3 is 0 Å². The van der Waals surface area contributed by atoms with E-state index in [2.05, 4.69) is 25.7 Å². The van der Waals surface area contributed by atoms with E-state index in [0.717, 1.165) is 24.4 Å². The van der Waals surface area contributed by atoms with Crippen molar-refractivity contribution in [3.63, 3.8) is 0 Å². The molecule has 0 bridgehead atoms. The summed E-state index contributed by atoms with van der Waals surface area (Å²) in [6.45, 7) is 9.17. The van der Waals surface area contributed by atoms with Gasteiger partial charge in [0.2, 0.25) is 0 Å². The highest BCUT2D eigenvalue weighted by Crippen LogP contribution is 2.40. The van der Waals surface area contributed by atoms with Crippen LogP contribution in [0.15, 0.2) is 0 Å². The molecule has 0 aromatic heterocycles. The van der Waals surface area contributed by atoms with Gasteiger partial charge in [-0.05, 0) is 51.0 Å². The third kappa shape index (κ3) is 3.48. The second-order valence-corrected chi connectivity index (χ2v) is 7.31. The van der Waals surface area contributed by atoms with E-state index in [1.54, 1.807) is 0 Å². The van der Waals surface area contributed by atoms with Gasteiger partial charge in [0.25, 0.3) is 0 Å². The fourth-order valence-corrected chi connectivity index (χ4v) is 3.31. The molecule has 2 saturated carbocycles. The Morgan fingerprint density at radius 1 is 1.22 bits per heavy atom. The van der Waals surface area contributed by atoms with E-state index in [4.69, 9.17) is 5.73 Å². The lowest BCUT2D eigenvalue weighted by molar-refractivity contribution is 0.0564. The van der Waals surface area contributed by atoms with Gasteiger partial charge in [-0.1, -0.05) is 33.1 Å². The van der Waals surface area contributed by atoms with Crippen LogP contribution in [0, 0.1) is 11.8 Å². The Kier molecular flexibility index (Phi) is 4.71. The van der Waals surface area contributed by atoms with E-state index in [-0.39, 0.29) is 5.54 Å². The molecule has 0 saturated heterocycles. The van der Waals surface area contributed by atoms with Gasteiger partial charge in [-0.15, -0.1) is 0 Å². The van der Waals surface area contributed by atoms with E-state index in [0.29, 0.717) is 0 Å². The van der Waals surface area contributed by atoms with Gasteiger partial charge in [-0.3, -0.25) is 4.90 Å². The van der Waals surface area contributed by atoms with Gasteiger partial charge in [-0.2, -0.15) is 0 Å². The van der Waals surface area contributed by atoms with Crippen molar-refractivity contribution in [2.45, 2.75) is 77.3 Å². The van der Waals surface area contributed by atoms with Crippen molar-refractivity contribution in [3.8, 4) is 0 Å². The summed E-state index contributed by atoms with van der Waals surface area (Å²) in [4.78, 5) is 2.77. The molecule has 2 nitrogen and oxygen atoms in total. The second kappa shape index (κ2) is 5.92. The zero-order chi connectivity index (χ0) is 13.2. The highest BCUT2D eigenvalue weighted by molar-refractivity contribution is 4.98. The maximum absolute atomic E-state index is 6.17.